The number of nitrogens with zero attached hydrogens (tertiary/aromatic N) is 2. The lowest BCUT2D eigenvalue weighted by Gasteiger charge is -2.26. The third-order valence-electron chi connectivity index (χ3n) is 11.0. The predicted octanol–water partition coefficient (Wildman–Crippen LogP) is 9.61. The summed E-state index contributed by atoms with van der Waals surface area (Å²) in [7, 11) is 0.956. The molecule has 0 saturated heterocycles. The van der Waals surface area contributed by atoms with Gasteiger partial charge in [-0.25, -0.2) is 9.97 Å². The summed E-state index contributed by atoms with van der Waals surface area (Å²) in [5.41, 5.74) is 12.2. The Morgan fingerprint density at radius 2 is 0.871 bits per heavy atom. The van der Waals surface area contributed by atoms with Crippen molar-refractivity contribution in [1.29, 1.82) is 0 Å². The van der Waals surface area contributed by atoms with Crippen LogP contribution in [0.25, 0.3) is 44.4 Å². The Labute approximate surface area is 366 Å². The molecule has 0 amide bonds. The van der Waals surface area contributed by atoms with Gasteiger partial charge in [-0.3, -0.25) is 19.2 Å². The first-order valence-electron chi connectivity index (χ1n) is 20.9. The van der Waals surface area contributed by atoms with E-state index >= 15 is 0 Å². The quantitative estimate of drug-likeness (QED) is 0.0791. The van der Waals surface area contributed by atoms with Gasteiger partial charge in [0.05, 0.1) is 76.3 Å². The summed E-state index contributed by atoms with van der Waals surface area (Å²) in [6.07, 6.45) is -0.330. The summed E-state index contributed by atoms with van der Waals surface area (Å²) in [6, 6.07) is 7.86. The normalized spacial score (nSPS) is 14.2. The second-order valence-corrected chi connectivity index (χ2v) is 26.6. The molecule has 2 N–H and O–H groups in total. The average Bonchev–Trinajstić information content (AvgIpc) is 3.86. The number of ether oxygens (including phenoxy) is 4. The number of fused-ring (bicyclic) bond motifs is 8. The first-order valence-corrected chi connectivity index (χ1v) is 27.7. The van der Waals surface area contributed by atoms with Gasteiger partial charge in [-0.05, 0) is 138 Å². The minimum absolute atomic E-state index is 0.00815. The monoisotopic (exact) mass is 886 g/mol. The van der Waals surface area contributed by atoms with Crippen LogP contribution in [0.4, 0.5) is 0 Å². The van der Waals surface area contributed by atoms with Gasteiger partial charge in [0.2, 0.25) is 0 Å². The molecular formula is C46H62N4O10Si2. The van der Waals surface area contributed by atoms with Crippen LogP contribution >= 0.6 is 0 Å². The molecule has 3 aromatic rings. The number of esters is 4. The largest absolute Gasteiger partial charge is 0.469 e. The van der Waals surface area contributed by atoms with Crippen LogP contribution in [0.2, 0.25) is 39.3 Å². The van der Waals surface area contributed by atoms with Gasteiger partial charge in [-0.15, -0.1) is 0 Å². The van der Waals surface area contributed by atoms with E-state index in [0.717, 1.165) is 55.6 Å². The molecule has 0 spiro atoms. The minimum Gasteiger partial charge on any atom is -0.469 e. The second-order valence-electron chi connectivity index (χ2n) is 17.7. The standard InChI is InChI=1S/C46H62N4O10Si2/c1-25-29(15-17-41(51)55-5)35-22-36-30(16-18-42(52)56-6)26(2)32(48-36)20-37-46(40(24-44(54)58-8)60-62(12,13)14)28(4)34(50-37)21-38-45(27(3)33(49-38)19-31(25)47-35)39(23-43(53)57-7)59-61(9,10)11/h19-22,39-40,49-50H,15-18,23-24H2,1-14H3. The van der Waals surface area contributed by atoms with Gasteiger partial charge < -0.3 is 37.8 Å². The molecule has 5 rings (SSSR count). The van der Waals surface area contributed by atoms with E-state index in [0.29, 0.717) is 46.7 Å². The highest BCUT2D eigenvalue weighted by molar-refractivity contribution is 6.70. The molecule has 14 nitrogen and oxygen atoms in total. The molecule has 0 fully saturated rings. The van der Waals surface area contributed by atoms with Crippen molar-refractivity contribution in [3.63, 3.8) is 0 Å². The molecule has 2 atom stereocenters. The van der Waals surface area contributed by atoms with E-state index in [1.165, 1.54) is 28.4 Å². The fraction of sp³-hybridized carbons (Fsp3) is 0.478. The zero-order valence-corrected chi connectivity index (χ0v) is 40.7. The molecule has 3 aromatic heterocycles. The van der Waals surface area contributed by atoms with Crippen LogP contribution in [0.1, 0.15) is 110 Å². The van der Waals surface area contributed by atoms with Crippen LogP contribution in [0.3, 0.4) is 0 Å². The van der Waals surface area contributed by atoms with E-state index in [1.807, 2.05) is 52.0 Å². The maximum absolute atomic E-state index is 13.1. The Bertz CT molecular complexity index is 2490. The van der Waals surface area contributed by atoms with E-state index in [4.69, 9.17) is 37.8 Å². The molecule has 8 bridgehead atoms. The van der Waals surface area contributed by atoms with Crippen molar-refractivity contribution < 1.29 is 47.0 Å². The van der Waals surface area contributed by atoms with E-state index in [2.05, 4.69) is 49.3 Å². The number of nitrogens with one attached hydrogen (secondary N) is 2. The predicted molar refractivity (Wildman–Crippen MR) is 246 cm³/mol. The van der Waals surface area contributed by atoms with E-state index in [1.54, 1.807) is 0 Å². The number of aromatic nitrogens is 4. The summed E-state index contributed by atoms with van der Waals surface area (Å²) in [4.78, 5) is 68.8. The third kappa shape index (κ3) is 11.3. The van der Waals surface area contributed by atoms with Crippen LogP contribution in [-0.4, -0.2) is 88.9 Å². The van der Waals surface area contributed by atoms with Crippen molar-refractivity contribution in [3.05, 3.63) is 69.3 Å². The number of hydrogen-bond donors (Lipinski definition) is 2. The number of rotatable bonds is 16. The molecule has 62 heavy (non-hydrogen) atoms. The molecule has 5 heterocycles. The number of aryl methyl sites for hydroxylation is 2. The molecular weight excluding hydrogens is 825 g/mol. The Morgan fingerprint density at radius 3 is 1.24 bits per heavy atom. The summed E-state index contributed by atoms with van der Waals surface area (Å²) < 4.78 is 34.0. The lowest BCUT2D eigenvalue weighted by atomic mass is 9.98. The van der Waals surface area contributed by atoms with E-state index in [-0.39, 0.29) is 37.6 Å². The maximum atomic E-state index is 13.1. The molecule has 2 aliphatic rings. The molecule has 334 valence electrons. The van der Waals surface area contributed by atoms with Crippen molar-refractivity contribution in [1.82, 2.24) is 19.9 Å². The summed E-state index contributed by atoms with van der Waals surface area (Å²) in [6.45, 7) is 20.4. The third-order valence-corrected chi connectivity index (χ3v) is 13.0. The molecule has 2 unspecified atom stereocenters. The number of allylic oxidation sites excluding steroid dienone is 4. The Kier molecular flexibility index (Phi) is 15.0. The number of aromatic amines is 2. The summed E-state index contributed by atoms with van der Waals surface area (Å²) in [5, 5.41) is 0. The van der Waals surface area contributed by atoms with Gasteiger partial charge >= 0.3 is 23.9 Å². The van der Waals surface area contributed by atoms with Crippen molar-refractivity contribution >= 4 is 84.9 Å². The SMILES string of the molecule is COC(=O)CCC1=C(C)c2cc3[nH]c(cc4[nH]c(cc5nc(cc1n2)C(CCC(=O)OC)=C5C)c(C(CC(=O)OC)O[Si](C)(C)C)c4C)c(C(CC(=O)OC)O[Si](C)(C)C)c3C. The number of H-pyrrole nitrogens is 2. The zero-order valence-electron chi connectivity index (χ0n) is 38.7. The van der Waals surface area contributed by atoms with Gasteiger partial charge in [0.1, 0.15) is 0 Å². The molecule has 0 radical (unpaired) electrons. The maximum Gasteiger partial charge on any atom is 0.308 e. The molecule has 2 aliphatic heterocycles. The highest BCUT2D eigenvalue weighted by atomic mass is 28.4. The minimum atomic E-state index is -2.27. The number of hydrogen-bond acceptors (Lipinski definition) is 12. The fourth-order valence-electron chi connectivity index (χ4n) is 7.99. The molecule has 0 saturated carbocycles. The number of carbonyl (C=O) groups excluding carboxylic acids is 4. The molecule has 0 aliphatic carbocycles. The first-order chi connectivity index (χ1) is 29.1. The molecule has 0 aromatic carbocycles. The van der Waals surface area contributed by atoms with Crippen LogP contribution in [0, 0.1) is 13.8 Å². The highest BCUT2D eigenvalue weighted by Gasteiger charge is 2.32. The highest BCUT2D eigenvalue weighted by Crippen LogP contribution is 2.41. The summed E-state index contributed by atoms with van der Waals surface area (Å²) in [5.74, 6) is -1.51. The first kappa shape index (κ1) is 47.9. The topological polar surface area (TPSA) is 181 Å². The smallest absolute Gasteiger partial charge is 0.308 e. The van der Waals surface area contributed by atoms with Crippen molar-refractivity contribution in [3.8, 4) is 0 Å². The van der Waals surface area contributed by atoms with Crippen LogP contribution < -0.4 is 0 Å². The van der Waals surface area contributed by atoms with Crippen LogP contribution in [0.15, 0.2) is 24.3 Å². The van der Waals surface area contributed by atoms with E-state index in [9.17, 15) is 19.2 Å². The van der Waals surface area contributed by atoms with Crippen molar-refractivity contribution in [2.75, 3.05) is 28.4 Å². The Morgan fingerprint density at radius 1 is 0.516 bits per heavy atom. The number of carbonyl (C=O) groups is 4. The van der Waals surface area contributed by atoms with Gasteiger partial charge in [-0.1, -0.05) is 0 Å². The van der Waals surface area contributed by atoms with Gasteiger partial charge in [0.15, 0.2) is 16.6 Å². The van der Waals surface area contributed by atoms with Crippen molar-refractivity contribution in [2.45, 2.75) is 118 Å². The zero-order chi connectivity index (χ0) is 45.8. The van der Waals surface area contributed by atoms with Crippen molar-refractivity contribution in [2.24, 2.45) is 0 Å². The lowest BCUT2D eigenvalue weighted by molar-refractivity contribution is -0.143. The van der Waals surface area contributed by atoms with Crippen LogP contribution in [-0.2, 0) is 47.0 Å². The van der Waals surface area contributed by atoms with Gasteiger partial charge in [0, 0.05) is 46.0 Å². The summed E-state index contributed by atoms with van der Waals surface area (Å²) >= 11 is 0. The molecule has 16 heteroatoms. The second kappa shape index (κ2) is 19.5. The lowest BCUT2D eigenvalue weighted by Crippen LogP contribution is -2.29. The van der Waals surface area contributed by atoms with E-state index < -0.39 is 40.8 Å². The fourth-order valence-corrected chi connectivity index (χ4v) is 10.1. The van der Waals surface area contributed by atoms with Gasteiger partial charge in [-0.2, -0.15) is 0 Å². The Hall–Kier alpha value is -5.17. The number of methoxy groups -OCH3 is 4. The van der Waals surface area contributed by atoms with Gasteiger partial charge in [0.25, 0.3) is 0 Å². The Balaban J connectivity index is 2.01. The average molecular weight is 887 g/mol. The van der Waals surface area contributed by atoms with Crippen LogP contribution in [0.5, 0.6) is 0 Å².